The Labute approximate surface area is 337 Å². The van der Waals surface area contributed by atoms with E-state index in [1.807, 2.05) is 0 Å². The van der Waals surface area contributed by atoms with Gasteiger partial charge in [0.05, 0.1) is 22.1 Å². The van der Waals surface area contributed by atoms with E-state index in [1.54, 1.807) is 0 Å². The first-order valence-electron chi connectivity index (χ1n) is 20.1. The number of nitrogens with zero attached hydrogens (tertiary/aromatic N) is 5. The first-order chi connectivity index (χ1) is 28.6. The van der Waals surface area contributed by atoms with Crippen molar-refractivity contribution in [3.8, 4) is 27.9 Å². The summed E-state index contributed by atoms with van der Waals surface area (Å²) in [5.74, 6) is 1.72. The number of amidine groups is 2. The fourth-order valence-electron chi connectivity index (χ4n) is 9.27. The summed E-state index contributed by atoms with van der Waals surface area (Å²) in [6.45, 7) is 2.30. The van der Waals surface area contributed by atoms with Crippen molar-refractivity contribution in [2.45, 2.75) is 19.6 Å². The summed E-state index contributed by atoms with van der Waals surface area (Å²) in [5.41, 5.74) is 11.1. The molecule has 1 aliphatic carbocycles. The predicted molar refractivity (Wildman–Crippen MR) is 243 cm³/mol. The van der Waals surface area contributed by atoms with Crippen LogP contribution in [0, 0.1) is 5.41 Å². The number of aliphatic imine (C=N–C) groups is 2. The van der Waals surface area contributed by atoms with E-state index in [2.05, 4.69) is 222 Å². The summed E-state index contributed by atoms with van der Waals surface area (Å²) >= 11 is 0. The van der Waals surface area contributed by atoms with Crippen LogP contribution in [0.5, 0.6) is 0 Å². The Kier molecular flexibility index (Phi) is 7.90. The predicted octanol–water partition coefficient (Wildman–Crippen LogP) is 13.0. The van der Waals surface area contributed by atoms with Crippen molar-refractivity contribution < 1.29 is 0 Å². The fraction of sp³-hybridized carbons (Fsp3) is 0.0943. The number of hydrogen-bond donors (Lipinski definition) is 0. The van der Waals surface area contributed by atoms with E-state index in [-0.39, 0.29) is 5.41 Å². The fourth-order valence-corrected chi connectivity index (χ4v) is 9.27. The lowest BCUT2D eigenvalue weighted by molar-refractivity contribution is 0.273. The van der Waals surface area contributed by atoms with Crippen LogP contribution in [0.3, 0.4) is 0 Å². The second-order valence-electron chi connectivity index (χ2n) is 15.7. The minimum Gasteiger partial charge on any atom is -0.323 e. The quantitative estimate of drug-likeness (QED) is 0.167. The number of hydrogen-bond acceptors (Lipinski definition) is 3. The van der Waals surface area contributed by atoms with Crippen LogP contribution in [0.1, 0.15) is 25.2 Å². The smallest absolute Gasteiger partial charge is 0.206 e. The van der Waals surface area contributed by atoms with Crippen molar-refractivity contribution in [3.05, 3.63) is 200 Å². The van der Waals surface area contributed by atoms with Gasteiger partial charge in [0.25, 0.3) is 0 Å². The lowest BCUT2D eigenvalue weighted by Crippen LogP contribution is -2.45. The highest BCUT2D eigenvalue weighted by Crippen LogP contribution is 2.44. The molecule has 0 saturated heterocycles. The van der Waals surface area contributed by atoms with E-state index in [9.17, 15) is 0 Å². The van der Waals surface area contributed by atoms with Crippen molar-refractivity contribution in [2.24, 2.45) is 15.4 Å². The Morgan fingerprint density at radius 1 is 0.534 bits per heavy atom. The van der Waals surface area contributed by atoms with Crippen LogP contribution in [-0.2, 0) is 0 Å². The molecule has 0 amide bonds. The van der Waals surface area contributed by atoms with Gasteiger partial charge in [0.15, 0.2) is 5.84 Å². The number of fused-ring (bicyclic) bond motifs is 7. The van der Waals surface area contributed by atoms with Gasteiger partial charge in [-0.05, 0) is 65.9 Å². The molecular formula is C53H41N5. The van der Waals surface area contributed by atoms with Gasteiger partial charge in [-0.2, -0.15) is 0 Å². The minimum absolute atomic E-state index is 0.333. The molecule has 5 nitrogen and oxygen atoms in total. The van der Waals surface area contributed by atoms with Crippen molar-refractivity contribution in [2.75, 3.05) is 7.05 Å². The van der Waals surface area contributed by atoms with Gasteiger partial charge in [-0.3, -0.25) is 4.57 Å². The molecule has 2 aromatic heterocycles. The molecule has 11 rings (SSSR count). The van der Waals surface area contributed by atoms with Crippen molar-refractivity contribution >= 4 is 55.3 Å². The van der Waals surface area contributed by atoms with Crippen molar-refractivity contribution in [1.29, 1.82) is 0 Å². The van der Waals surface area contributed by atoms with Gasteiger partial charge in [0.1, 0.15) is 5.84 Å². The van der Waals surface area contributed by atoms with Crippen LogP contribution in [-0.4, -0.2) is 32.8 Å². The van der Waals surface area contributed by atoms with E-state index < -0.39 is 6.29 Å². The Morgan fingerprint density at radius 3 is 1.83 bits per heavy atom. The molecule has 0 saturated carbocycles. The maximum absolute atomic E-state index is 5.67. The van der Waals surface area contributed by atoms with Crippen LogP contribution in [0.4, 0.5) is 0 Å². The third-order valence-electron chi connectivity index (χ3n) is 12.1. The molecule has 0 N–H and O–H groups in total. The highest BCUT2D eigenvalue weighted by Gasteiger charge is 2.38. The number of aromatic nitrogens is 2. The summed E-state index contributed by atoms with van der Waals surface area (Å²) in [6, 6.07) is 61.1. The zero-order valence-electron chi connectivity index (χ0n) is 32.5. The van der Waals surface area contributed by atoms with Gasteiger partial charge in [-0.1, -0.05) is 164 Å². The van der Waals surface area contributed by atoms with E-state index in [1.165, 1.54) is 43.8 Å². The maximum Gasteiger partial charge on any atom is 0.206 e. The van der Waals surface area contributed by atoms with Gasteiger partial charge >= 0.3 is 0 Å². The summed E-state index contributed by atoms with van der Waals surface area (Å²) in [4.78, 5) is 13.5. The third kappa shape index (κ3) is 5.38. The molecule has 0 bridgehead atoms. The lowest BCUT2D eigenvalue weighted by atomic mass is 9.81. The molecule has 3 heterocycles. The number of para-hydroxylation sites is 2. The Balaban J connectivity index is 1.21. The molecular weight excluding hydrogens is 707 g/mol. The zero-order valence-corrected chi connectivity index (χ0v) is 32.5. The van der Waals surface area contributed by atoms with Crippen LogP contribution in [0.25, 0.3) is 71.6 Å². The van der Waals surface area contributed by atoms with Gasteiger partial charge < -0.3 is 9.47 Å². The van der Waals surface area contributed by atoms with Crippen LogP contribution < -0.4 is 0 Å². The molecule has 58 heavy (non-hydrogen) atoms. The van der Waals surface area contributed by atoms with Crippen LogP contribution in [0.2, 0.25) is 0 Å². The largest absolute Gasteiger partial charge is 0.323 e. The van der Waals surface area contributed by atoms with E-state index in [0.717, 1.165) is 51.5 Å². The molecule has 2 atom stereocenters. The van der Waals surface area contributed by atoms with Crippen molar-refractivity contribution in [3.63, 3.8) is 0 Å². The van der Waals surface area contributed by atoms with E-state index >= 15 is 0 Å². The van der Waals surface area contributed by atoms with Crippen LogP contribution >= 0.6 is 0 Å². The molecule has 0 fully saturated rings. The highest BCUT2D eigenvalue weighted by atomic mass is 15.4. The molecule has 2 aliphatic rings. The zero-order chi connectivity index (χ0) is 38.8. The number of benzene rings is 7. The maximum atomic E-state index is 5.67. The Hall–Kier alpha value is -7.24. The Morgan fingerprint density at radius 2 is 1.12 bits per heavy atom. The summed E-state index contributed by atoms with van der Waals surface area (Å²) in [7, 11) is 2.17. The molecule has 1 aliphatic heterocycles. The average Bonchev–Trinajstić information content (AvgIpc) is 3.80. The summed E-state index contributed by atoms with van der Waals surface area (Å²) < 4.78 is 4.95. The van der Waals surface area contributed by atoms with Gasteiger partial charge in [0.2, 0.25) is 6.29 Å². The van der Waals surface area contributed by atoms with Gasteiger partial charge in [-0.15, -0.1) is 0 Å². The first-order valence-corrected chi connectivity index (χ1v) is 20.1. The molecule has 7 aromatic carbocycles. The standard InChI is InChI=1S/C53H41N5/c1-53(32-14-5-15-33-53)51-54-50(40-24-16-22-38(34-40)36-18-6-3-7-19-36)55-52(56(51)2)58-47-29-13-11-27-43(47)45-31-30-44-42-26-10-12-28-46(42)57(48(44)49(45)58)41-25-17-23-39(35-41)37-20-8-4-9-21-37/h3-32,34-35,52H,33H2,1-2H3. The third-order valence-corrected chi connectivity index (χ3v) is 12.1. The van der Waals surface area contributed by atoms with Crippen LogP contribution in [0.15, 0.2) is 204 Å². The summed E-state index contributed by atoms with van der Waals surface area (Å²) in [6.07, 6.45) is 9.25. The van der Waals surface area contributed by atoms with Gasteiger partial charge in [0, 0.05) is 45.3 Å². The average molecular weight is 748 g/mol. The number of allylic oxidation sites excluding steroid dienone is 3. The molecule has 5 heteroatoms. The molecule has 0 spiro atoms. The van der Waals surface area contributed by atoms with Gasteiger partial charge in [-0.25, -0.2) is 9.98 Å². The summed E-state index contributed by atoms with van der Waals surface area (Å²) in [5, 5.41) is 4.81. The monoisotopic (exact) mass is 747 g/mol. The molecule has 9 aromatic rings. The van der Waals surface area contributed by atoms with Crippen molar-refractivity contribution in [1.82, 2.24) is 14.0 Å². The Bertz CT molecular complexity index is 3180. The second kappa shape index (κ2) is 13.5. The molecule has 2 unspecified atom stereocenters. The van der Waals surface area contributed by atoms with E-state index in [4.69, 9.17) is 9.98 Å². The molecule has 278 valence electrons. The SMILES string of the molecule is CN1C(C2(C)C=CC=CC2)=NC(c2cccc(-c3ccccc3)c2)=NC1n1c2ccccc2c2ccc3c4ccccc4n(-c4cccc(-c5ccccc5)c4)c3c21. The number of rotatable bonds is 6. The first kappa shape index (κ1) is 34.0. The minimum atomic E-state index is -0.436. The second-order valence-corrected chi connectivity index (χ2v) is 15.7. The highest BCUT2D eigenvalue weighted by molar-refractivity contribution is 6.23. The molecule has 0 radical (unpaired) electrons. The lowest BCUT2D eigenvalue weighted by Gasteiger charge is -2.40. The normalized spacial score (nSPS) is 18.0. The topological polar surface area (TPSA) is 37.8 Å². The van der Waals surface area contributed by atoms with E-state index in [0.29, 0.717) is 0 Å².